The molecule has 2 aliphatic rings. The highest BCUT2D eigenvalue weighted by Crippen LogP contribution is 2.36. The Balaban J connectivity index is 1.26. The zero-order chi connectivity index (χ0) is 24.9. The summed E-state index contributed by atoms with van der Waals surface area (Å²) in [7, 11) is 0. The molecule has 0 aliphatic carbocycles. The molecule has 7 heteroatoms. The maximum absolute atomic E-state index is 13.3. The van der Waals surface area contributed by atoms with Crippen LogP contribution in [0.2, 0.25) is 0 Å². The van der Waals surface area contributed by atoms with Crippen molar-refractivity contribution in [3.8, 4) is 5.75 Å². The van der Waals surface area contributed by atoms with Crippen LogP contribution in [-0.4, -0.2) is 48.6 Å². The quantitative estimate of drug-likeness (QED) is 0.405. The van der Waals surface area contributed by atoms with Gasteiger partial charge in [-0.3, -0.25) is 4.90 Å². The molecule has 0 amide bonds. The number of nitrogens with zero attached hydrogens (tertiary/aromatic N) is 2. The molecule has 4 rings (SSSR count). The van der Waals surface area contributed by atoms with E-state index in [-0.39, 0.29) is 29.6 Å². The van der Waals surface area contributed by atoms with E-state index in [1.54, 1.807) is 6.07 Å². The molecule has 2 aromatic carbocycles. The van der Waals surface area contributed by atoms with Gasteiger partial charge in [0.15, 0.2) is 0 Å². The molecule has 2 aromatic rings. The van der Waals surface area contributed by atoms with Crippen LogP contribution in [0.15, 0.2) is 73.0 Å². The molecule has 2 aliphatic heterocycles. The molecule has 2 heterocycles. The van der Waals surface area contributed by atoms with Gasteiger partial charge in [-0.1, -0.05) is 43.3 Å². The lowest BCUT2D eigenvalue weighted by Crippen LogP contribution is -2.47. The van der Waals surface area contributed by atoms with Gasteiger partial charge >= 0.3 is 6.18 Å². The van der Waals surface area contributed by atoms with Gasteiger partial charge in [0.1, 0.15) is 18.2 Å². The van der Waals surface area contributed by atoms with Crippen molar-refractivity contribution < 1.29 is 22.3 Å². The van der Waals surface area contributed by atoms with Gasteiger partial charge in [0, 0.05) is 13.1 Å². The fraction of sp³-hybridized carbons (Fsp3) is 0.429. The van der Waals surface area contributed by atoms with E-state index in [0.29, 0.717) is 6.54 Å². The van der Waals surface area contributed by atoms with Crippen molar-refractivity contribution in [3.05, 3.63) is 89.9 Å². The fourth-order valence-corrected chi connectivity index (χ4v) is 4.82. The number of rotatable bonds is 8. The summed E-state index contributed by atoms with van der Waals surface area (Å²) in [4.78, 5) is 4.64. The van der Waals surface area contributed by atoms with Crippen LogP contribution < -0.4 is 4.74 Å². The maximum Gasteiger partial charge on any atom is 0.419 e. The van der Waals surface area contributed by atoms with Crippen molar-refractivity contribution in [1.29, 1.82) is 0 Å². The molecule has 0 radical (unpaired) electrons. The van der Waals surface area contributed by atoms with Gasteiger partial charge in [-0.2, -0.15) is 13.2 Å². The van der Waals surface area contributed by atoms with Crippen molar-refractivity contribution in [2.75, 3.05) is 32.8 Å². The number of allylic oxidation sites excluding steroid dienone is 2. The zero-order valence-electron chi connectivity index (χ0n) is 20.0. The molecule has 1 saturated heterocycles. The third kappa shape index (κ3) is 6.88. The Morgan fingerprint density at radius 3 is 2.43 bits per heavy atom. The van der Waals surface area contributed by atoms with Gasteiger partial charge in [0.25, 0.3) is 0 Å². The Morgan fingerprint density at radius 1 is 1.00 bits per heavy atom. The SMILES string of the molecule is CC1(CN2C=CC=C[C@@H]2Cc2ccc(F)cc2)CCN(CCOc2ccccc2C(F)(F)F)CC1. The maximum atomic E-state index is 13.3. The molecule has 0 saturated carbocycles. The summed E-state index contributed by atoms with van der Waals surface area (Å²) in [5.41, 5.74) is 0.509. The summed E-state index contributed by atoms with van der Waals surface area (Å²) < 4.78 is 58.2. The van der Waals surface area contributed by atoms with Crippen LogP contribution >= 0.6 is 0 Å². The second-order valence-corrected chi connectivity index (χ2v) is 9.79. The van der Waals surface area contributed by atoms with Gasteiger partial charge in [-0.15, -0.1) is 0 Å². The lowest BCUT2D eigenvalue weighted by molar-refractivity contribution is -0.139. The van der Waals surface area contributed by atoms with E-state index in [1.807, 2.05) is 12.1 Å². The Bertz CT molecular complexity index is 1020. The molecule has 0 spiro atoms. The van der Waals surface area contributed by atoms with E-state index in [2.05, 4.69) is 41.2 Å². The predicted octanol–water partition coefficient (Wildman–Crippen LogP) is 6.32. The highest BCUT2D eigenvalue weighted by atomic mass is 19.4. The molecular formula is C28H32F4N2O. The normalized spacial score (nSPS) is 20.3. The smallest absolute Gasteiger partial charge is 0.419 e. The van der Waals surface area contributed by atoms with Crippen molar-refractivity contribution in [1.82, 2.24) is 9.80 Å². The van der Waals surface area contributed by atoms with E-state index in [4.69, 9.17) is 4.74 Å². The molecule has 0 aromatic heterocycles. The second kappa shape index (κ2) is 10.9. The van der Waals surface area contributed by atoms with Gasteiger partial charge in [0.05, 0.1) is 11.6 Å². The van der Waals surface area contributed by atoms with E-state index >= 15 is 0 Å². The monoisotopic (exact) mass is 488 g/mol. The molecule has 0 bridgehead atoms. The van der Waals surface area contributed by atoms with Crippen LogP contribution in [-0.2, 0) is 12.6 Å². The lowest BCUT2D eigenvalue weighted by atomic mass is 9.79. The van der Waals surface area contributed by atoms with E-state index in [1.165, 1.54) is 24.3 Å². The molecule has 0 unspecified atom stereocenters. The van der Waals surface area contributed by atoms with Crippen molar-refractivity contribution in [2.45, 2.75) is 38.4 Å². The fourth-order valence-electron chi connectivity index (χ4n) is 4.82. The van der Waals surface area contributed by atoms with Crippen LogP contribution in [0.5, 0.6) is 5.75 Å². The summed E-state index contributed by atoms with van der Waals surface area (Å²) in [6.07, 6.45) is 6.85. The third-order valence-electron chi connectivity index (χ3n) is 6.99. The minimum atomic E-state index is -4.42. The highest BCUT2D eigenvalue weighted by Gasteiger charge is 2.35. The zero-order valence-corrected chi connectivity index (χ0v) is 20.0. The first-order valence-corrected chi connectivity index (χ1v) is 12.1. The predicted molar refractivity (Wildman–Crippen MR) is 130 cm³/mol. The van der Waals surface area contributed by atoms with Crippen molar-refractivity contribution in [3.63, 3.8) is 0 Å². The topological polar surface area (TPSA) is 15.7 Å². The molecule has 1 atom stereocenters. The summed E-state index contributed by atoms with van der Waals surface area (Å²) in [5, 5.41) is 0. The number of halogens is 4. The van der Waals surface area contributed by atoms with Crippen LogP contribution in [0, 0.1) is 11.2 Å². The van der Waals surface area contributed by atoms with Gasteiger partial charge in [-0.25, -0.2) is 4.39 Å². The number of likely N-dealkylation sites (tertiary alicyclic amines) is 1. The average molecular weight is 489 g/mol. The molecular weight excluding hydrogens is 456 g/mol. The number of alkyl halides is 3. The first kappa shape index (κ1) is 25.3. The first-order valence-electron chi connectivity index (χ1n) is 12.1. The summed E-state index contributed by atoms with van der Waals surface area (Å²) in [6, 6.07) is 12.3. The lowest BCUT2D eigenvalue weighted by Gasteiger charge is -2.44. The molecule has 0 N–H and O–H groups in total. The number of benzene rings is 2. The highest BCUT2D eigenvalue weighted by molar-refractivity contribution is 5.35. The molecule has 188 valence electrons. The number of ether oxygens (including phenoxy) is 1. The third-order valence-corrected chi connectivity index (χ3v) is 6.99. The second-order valence-electron chi connectivity index (χ2n) is 9.79. The summed E-state index contributed by atoms with van der Waals surface area (Å²) in [6.45, 7) is 5.82. The Hall–Kier alpha value is -2.80. The Morgan fingerprint density at radius 2 is 1.71 bits per heavy atom. The molecule has 35 heavy (non-hydrogen) atoms. The standard InChI is InChI=1S/C28H32F4N2O/c1-27(21-34-15-5-4-6-24(34)20-22-9-11-23(29)12-10-22)13-16-33(17-14-27)18-19-35-26-8-3-2-7-25(26)28(30,31)32/h2-12,15,24H,13-14,16-21H2,1H3/t24-/m1/s1. The minimum Gasteiger partial charge on any atom is -0.492 e. The minimum absolute atomic E-state index is 0.112. The van der Waals surface area contributed by atoms with Gasteiger partial charge in [0.2, 0.25) is 0 Å². The van der Waals surface area contributed by atoms with Gasteiger partial charge < -0.3 is 9.64 Å². The number of hydrogen-bond donors (Lipinski definition) is 0. The Kier molecular flexibility index (Phi) is 7.85. The number of para-hydroxylation sites is 1. The molecule has 1 fully saturated rings. The van der Waals surface area contributed by atoms with Gasteiger partial charge in [-0.05, 0) is 79.9 Å². The van der Waals surface area contributed by atoms with Crippen LogP contribution in [0.3, 0.4) is 0 Å². The number of hydrogen-bond acceptors (Lipinski definition) is 3. The van der Waals surface area contributed by atoms with Crippen LogP contribution in [0.25, 0.3) is 0 Å². The summed E-state index contributed by atoms with van der Waals surface area (Å²) in [5.74, 6) is -0.335. The molecule has 3 nitrogen and oxygen atoms in total. The average Bonchev–Trinajstić information content (AvgIpc) is 2.83. The van der Waals surface area contributed by atoms with Crippen LogP contribution in [0.4, 0.5) is 17.6 Å². The van der Waals surface area contributed by atoms with Crippen LogP contribution in [0.1, 0.15) is 30.9 Å². The summed E-state index contributed by atoms with van der Waals surface area (Å²) >= 11 is 0. The van der Waals surface area contributed by atoms with Crippen molar-refractivity contribution >= 4 is 0 Å². The van der Waals surface area contributed by atoms with Crippen molar-refractivity contribution in [2.24, 2.45) is 5.41 Å². The van der Waals surface area contributed by atoms with E-state index in [9.17, 15) is 17.6 Å². The van der Waals surface area contributed by atoms with E-state index in [0.717, 1.165) is 50.5 Å². The number of piperidine rings is 1. The Labute approximate surface area is 204 Å². The van der Waals surface area contributed by atoms with E-state index < -0.39 is 11.7 Å². The first-order chi connectivity index (χ1) is 16.7. The largest absolute Gasteiger partial charge is 0.492 e.